The predicted molar refractivity (Wildman–Crippen MR) is 74.3 cm³/mol. The number of fused-ring (bicyclic) bond motifs is 1. The van der Waals surface area contributed by atoms with E-state index in [1.807, 2.05) is 0 Å². The van der Waals surface area contributed by atoms with Crippen molar-refractivity contribution in [2.24, 2.45) is 0 Å². The molecule has 0 bridgehead atoms. The van der Waals surface area contributed by atoms with Crippen molar-refractivity contribution >= 4 is 16.5 Å². The molecule has 0 aromatic heterocycles. The Kier molecular flexibility index (Phi) is 2.83. The molecule has 0 heterocycles. The van der Waals surface area contributed by atoms with E-state index in [4.69, 9.17) is 0 Å². The minimum Gasteiger partial charge on any atom is -0.381 e. The van der Waals surface area contributed by atoms with Gasteiger partial charge in [-0.25, -0.2) is 0 Å². The second-order valence-electron chi connectivity index (χ2n) is 4.65. The smallest absolute Gasteiger partial charge is 0.0422 e. The van der Waals surface area contributed by atoms with Gasteiger partial charge in [0.1, 0.15) is 0 Å². The summed E-state index contributed by atoms with van der Waals surface area (Å²) < 4.78 is 0. The van der Waals surface area contributed by atoms with Crippen molar-refractivity contribution in [1.29, 1.82) is 0 Å². The van der Waals surface area contributed by atoms with Gasteiger partial charge in [-0.2, -0.15) is 0 Å². The Morgan fingerprint density at radius 2 is 1.82 bits per heavy atom. The summed E-state index contributed by atoms with van der Waals surface area (Å²) in [4.78, 5) is 0. The van der Waals surface area contributed by atoms with Crippen molar-refractivity contribution < 1.29 is 0 Å². The summed E-state index contributed by atoms with van der Waals surface area (Å²) >= 11 is 0. The first-order chi connectivity index (χ1) is 8.43. The first-order valence-electron chi connectivity index (χ1n) is 6.33. The normalized spacial score (nSPS) is 19.4. The maximum Gasteiger partial charge on any atom is 0.0422 e. The molecule has 1 nitrogen and oxygen atoms in total. The van der Waals surface area contributed by atoms with Crippen LogP contribution >= 0.6 is 0 Å². The van der Waals surface area contributed by atoms with Crippen LogP contribution in [0, 0.1) is 0 Å². The third kappa shape index (κ3) is 2.19. The van der Waals surface area contributed by atoms with E-state index in [2.05, 4.69) is 59.9 Å². The SMILES string of the molecule is C1=CCC(Nc2cccc3ccccc23)CC1. The molecule has 0 aliphatic heterocycles. The lowest BCUT2D eigenvalue weighted by Crippen LogP contribution is -2.20. The lowest BCUT2D eigenvalue weighted by molar-refractivity contribution is 0.645. The minimum absolute atomic E-state index is 0.589. The highest BCUT2D eigenvalue weighted by Crippen LogP contribution is 2.25. The van der Waals surface area contributed by atoms with Gasteiger partial charge < -0.3 is 5.32 Å². The molecule has 1 aliphatic carbocycles. The fourth-order valence-corrected chi connectivity index (χ4v) is 2.50. The summed E-state index contributed by atoms with van der Waals surface area (Å²) in [6.45, 7) is 0. The molecule has 0 amide bonds. The summed E-state index contributed by atoms with van der Waals surface area (Å²) in [5.41, 5.74) is 1.27. The van der Waals surface area contributed by atoms with Gasteiger partial charge in [-0.15, -0.1) is 0 Å². The molecule has 1 aliphatic rings. The lowest BCUT2D eigenvalue weighted by Gasteiger charge is -2.21. The molecule has 1 atom stereocenters. The highest BCUT2D eigenvalue weighted by atomic mass is 14.9. The van der Waals surface area contributed by atoms with Crippen LogP contribution in [0.4, 0.5) is 5.69 Å². The van der Waals surface area contributed by atoms with Gasteiger partial charge in [0.05, 0.1) is 0 Å². The maximum atomic E-state index is 3.67. The number of nitrogens with one attached hydrogen (secondary N) is 1. The minimum atomic E-state index is 0.589. The van der Waals surface area contributed by atoms with Crippen LogP contribution in [0.25, 0.3) is 10.8 Å². The third-order valence-corrected chi connectivity index (χ3v) is 3.42. The molecule has 2 aromatic rings. The Morgan fingerprint density at radius 1 is 0.941 bits per heavy atom. The van der Waals surface area contributed by atoms with Gasteiger partial charge in [0.15, 0.2) is 0 Å². The maximum absolute atomic E-state index is 3.67. The Labute approximate surface area is 102 Å². The molecule has 0 saturated carbocycles. The fourth-order valence-electron chi connectivity index (χ4n) is 2.50. The van der Waals surface area contributed by atoms with Crippen molar-refractivity contribution in [1.82, 2.24) is 0 Å². The molecule has 1 N–H and O–H groups in total. The molecule has 0 spiro atoms. The molecule has 86 valence electrons. The second-order valence-corrected chi connectivity index (χ2v) is 4.65. The summed E-state index contributed by atoms with van der Waals surface area (Å²) in [6, 6.07) is 15.6. The van der Waals surface area contributed by atoms with Crippen LogP contribution in [0.15, 0.2) is 54.6 Å². The molecule has 1 heteroatoms. The Balaban J connectivity index is 1.92. The van der Waals surface area contributed by atoms with Gasteiger partial charge in [0, 0.05) is 17.1 Å². The standard InChI is InChI=1S/C16H17N/c1-2-9-14(10-3-1)17-16-12-6-8-13-7-4-5-11-15(13)16/h1-2,4-8,11-12,14,17H,3,9-10H2. The monoisotopic (exact) mass is 223 g/mol. The molecule has 0 saturated heterocycles. The second kappa shape index (κ2) is 4.62. The summed E-state index contributed by atoms with van der Waals surface area (Å²) in [5.74, 6) is 0. The summed E-state index contributed by atoms with van der Waals surface area (Å²) in [6.07, 6.45) is 8.14. The highest BCUT2D eigenvalue weighted by molar-refractivity contribution is 5.93. The molecular formula is C16H17N. The van der Waals surface area contributed by atoms with E-state index in [0.29, 0.717) is 6.04 Å². The van der Waals surface area contributed by atoms with Crippen LogP contribution in [0.5, 0.6) is 0 Å². The van der Waals surface area contributed by atoms with Crippen LogP contribution < -0.4 is 5.32 Å². The predicted octanol–water partition coefficient (Wildman–Crippen LogP) is 4.36. The van der Waals surface area contributed by atoms with E-state index in [1.165, 1.54) is 29.3 Å². The van der Waals surface area contributed by atoms with Crippen LogP contribution in [0.2, 0.25) is 0 Å². The van der Waals surface area contributed by atoms with E-state index in [1.54, 1.807) is 0 Å². The molecule has 3 rings (SSSR count). The zero-order valence-corrected chi connectivity index (χ0v) is 9.89. The Morgan fingerprint density at radius 3 is 2.71 bits per heavy atom. The Hall–Kier alpha value is -1.76. The van der Waals surface area contributed by atoms with Crippen molar-refractivity contribution in [3.63, 3.8) is 0 Å². The molecular weight excluding hydrogens is 206 g/mol. The van der Waals surface area contributed by atoms with Crippen molar-refractivity contribution in [3.8, 4) is 0 Å². The number of rotatable bonds is 2. The largest absolute Gasteiger partial charge is 0.381 e. The summed E-state index contributed by atoms with van der Waals surface area (Å²) in [5, 5.41) is 6.31. The number of benzene rings is 2. The summed E-state index contributed by atoms with van der Waals surface area (Å²) in [7, 11) is 0. The zero-order chi connectivity index (χ0) is 11.5. The Bertz CT molecular complexity index is 537. The van der Waals surface area contributed by atoms with Gasteiger partial charge in [-0.3, -0.25) is 0 Å². The molecule has 1 unspecified atom stereocenters. The van der Waals surface area contributed by atoms with Gasteiger partial charge in [-0.1, -0.05) is 48.6 Å². The van der Waals surface area contributed by atoms with Crippen LogP contribution in [-0.4, -0.2) is 6.04 Å². The number of anilines is 1. The highest BCUT2D eigenvalue weighted by Gasteiger charge is 2.10. The van der Waals surface area contributed by atoms with Gasteiger partial charge in [-0.05, 0) is 30.7 Å². The van der Waals surface area contributed by atoms with Crippen LogP contribution in [0.1, 0.15) is 19.3 Å². The van der Waals surface area contributed by atoms with Gasteiger partial charge in [0.2, 0.25) is 0 Å². The molecule has 17 heavy (non-hydrogen) atoms. The van der Waals surface area contributed by atoms with E-state index in [9.17, 15) is 0 Å². The average Bonchev–Trinajstić information content (AvgIpc) is 2.40. The number of allylic oxidation sites excluding steroid dienone is 1. The van der Waals surface area contributed by atoms with E-state index >= 15 is 0 Å². The zero-order valence-electron chi connectivity index (χ0n) is 9.89. The van der Waals surface area contributed by atoms with Crippen molar-refractivity contribution in [2.75, 3.05) is 5.32 Å². The molecule has 2 aromatic carbocycles. The quantitative estimate of drug-likeness (QED) is 0.746. The third-order valence-electron chi connectivity index (χ3n) is 3.42. The first kappa shape index (κ1) is 10.4. The van der Waals surface area contributed by atoms with Crippen LogP contribution in [0.3, 0.4) is 0 Å². The average molecular weight is 223 g/mol. The van der Waals surface area contributed by atoms with E-state index in [-0.39, 0.29) is 0 Å². The fraction of sp³-hybridized carbons (Fsp3) is 0.250. The molecule has 0 radical (unpaired) electrons. The van der Waals surface area contributed by atoms with E-state index in [0.717, 1.165) is 6.42 Å². The van der Waals surface area contributed by atoms with Crippen molar-refractivity contribution in [2.45, 2.75) is 25.3 Å². The van der Waals surface area contributed by atoms with Crippen molar-refractivity contribution in [3.05, 3.63) is 54.6 Å². The first-order valence-corrected chi connectivity index (χ1v) is 6.33. The lowest BCUT2D eigenvalue weighted by atomic mass is 10.0. The number of hydrogen-bond acceptors (Lipinski definition) is 1. The van der Waals surface area contributed by atoms with Gasteiger partial charge in [0.25, 0.3) is 0 Å². The van der Waals surface area contributed by atoms with Crippen LogP contribution in [-0.2, 0) is 0 Å². The number of hydrogen-bond donors (Lipinski definition) is 1. The van der Waals surface area contributed by atoms with E-state index < -0.39 is 0 Å². The molecule has 0 fully saturated rings. The topological polar surface area (TPSA) is 12.0 Å². The van der Waals surface area contributed by atoms with Gasteiger partial charge >= 0.3 is 0 Å².